The number of aromatic nitrogens is 2. The van der Waals surface area contributed by atoms with Gasteiger partial charge in [0.05, 0.1) is 23.0 Å². The van der Waals surface area contributed by atoms with E-state index >= 15 is 0 Å². The SMILES string of the molecule is Cn1c(C[C@@H](CC#N)C(F)(F)F)nc2ccccc21. The molecule has 19 heavy (non-hydrogen) atoms. The molecule has 0 aliphatic carbocycles. The molecule has 0 saturated heterocycles. The Labute approximate surface area is 108 Å². The molecule has 0 amide bonds. The van der Waals surface area contributed by atoms with Gasteiger partial charge in [-0.2, -0.15) is 18.4 Å². The fourth-order valence-electron chi connectivity index (χ4n) is 2.01. The molecule has 0 spiro atoms. The highest BCUT2D eigenvalue weighted by atomic mass is 19.4. The van der Waals surface area contributed by atoms with Gasteiger partial charge in [-0.3, -0.25) is 0 Å². The summed E-state index contributed by atoms with van der Waals surface area (Å²) in [6, 6.07) is 8.75. The van der Waals surface area contributed by atoms with Crippen LogP contribution in [0.1, 0.15) is 12.2 Å². The summed E-state index contributed by atoms with van der Waals surface area (Å²) in [5.74, 6) is -1.33. The average Bonchev–Trinajstić information content (AvgIpc) is 2.65. The Morgan fingerprint density at radius 2 is 2.05 bits per heavy atom. The summed E-state index contributed by atoms with van der Waals surface area (Å²) in [6.45, 7) is 0. The molecule has 0 aliphatic heterocycles. The smallest absolute Gasteiger partial charge is 0.331 e. The normalized spacial score (nSPS) is 13.4. The number of hydrogen-bond acceptors (Lipinski definition) is 2. The molecule has 1 aromatic heterocycles. The van der Waals surface area contributed by atoms with Crippen molar-refractivity contribution >= 4 is 11.0 Å². The van der Waals surface area contributed by atoms with E-state index in [4.69, 9.17) is 5.26 Å². The van der Waals surface area contributed by atoms with Crippen LogP contribution >= 0.6 is 0 Å². The van der Waals surface area contributed by atoms with Crippen molar-refractivity contribution in [3.05, 3.63) is 30.1 Å². The zero-order chi connectivity index (χ0) is 14.0. The Kier molecular flexibility index (Phi) is 3.47. The van der Waals surface area contributed by atoms with Crippen molar-refractivity contribution in [2.45, 2.75) is 19.0 Å². The number of imidazole rings is 1. The van der Waals surface area contributed by atoms with E-state index in [0.29, 0.717) is 11.3 Å². The van der Waals surface area contributed by atoms with Gasteiger partial charge in [0.25, 0.3) is 0 Å². The van der Waals surface area contributed by atoms with Crippen LogP contribution in [0.2, 0.25) is 0 Å². The maximum atomic E-state index is 12.8. The van der Waals surface area contributed by atoms with E-state index in [0.717, 1.165) is 5.52 Å². The van der Waals surface area contributed by atoms with Crippen molar-refractivity contribution in [2.24, 2.45) is 13.0 Å². The Morgan fingerprint density at radius 3 is 2.63 bits per heavy atom. The van der Waals surface area contributed by atoms with Gasteiger partial charge in [0, 0.05) is 19.9 Å². The van der Waals surface area contributed by atoms with E-state index in [2.05, 4.69) is 4.98 Å². The second kappa shape index (κ2) is 4.92. The molecule has 3 nitrogen and oxygen atoms in total. The highest BCUT2D eigenvalue weighted by Crippen LogP contribution is 2.31. The van der Waals surface area contributed by atoms with Crippen LogP contribution in [0.15, 0.2) is 24.3 Å². The molecule has 0 aliphatic rings. The number of nitrogens with zero attached hydrogens (tertiary/aromatic N) is 3. The molecule has 2 rings (SSSR count). The Hall–Kier alpha value is -2.03. The van der Waals surface area contributed by atoms with Crippen molar-refractivity contribution in [3.63, 3.8) is 0 Å². The Morgan fingerprint density at radius 1 is 1.37 bits per heavy atom. The molecule has 0 unspecified atom stereocenters. The Balaban J connectivity index is 2.34. The number of benzene rings is 1. The van der Waals surface area contributed by atoms with Gasteiger partial charge in [-0.1, -0.05) is 12.1 Å². The van der Waals surface area contributed by atoms with Crippen LogP contribution in [-0.2, 0) is 13.5 Å². The maximum Gasteiger partial charge on any atom is 0.393 e. The van der Waals surface area contributed by atoms with Gasteiger partial charge in [-0.25, -0.2) is 4.98 Å². The minimum Gasteiger partial charge on any atom is -0.331 e. The van der Waals surface area contributed by atoms with E-state index in [9.17, 15) is 13.2 Å². The minimum absolute atomic E-state index is 0.276. The summed E-state index contributed by atoms with van der Waals surface area (Å²) in [5, 5.41) is 8.51. The summed E-state index contributed by atoms with van der Waals surface area (Å²) in [6.07, 6.45) is -5.21. The first-order valence-electron chi connectivity index (χ1n) is 5.77. The zero-order valence-electron chi connectivity index (χ0n) is 10.3. The summed E-state index contributed by atoms with van der Waals surface area (Å²) in [7, 11) is 1.68. The van der Waals surface area contributed by atoms with E-state index in [1.165, 1.54) is 0 Å². The fraction of sp³-hybridized carbons (Fsp3) is 0.385. The Bertz CT molecular complexity index is 622. The molecule has 2 aromatic rings. The van der Waals surface area contributed by atoms with Crippen LogP contribution in [0.4, 0.5) is 13.2 Å². The molecule has 0 N–H and O–H groups in total. The van der Waals surface area contributed by atoms with Crippen LogP contribution in [-0.4, -0.2) is 15.7 Å². The number of aryl methyl sites for hydroxylation is 1. The van der Waals surface area contributed by atoms with Crippen LogP contribution in [0.5, 0.6) is 0 Å². The van der Waals surface area contributed by atoms with Gasteiger partial charge in [-0.15, -0.1) is 0 Å². The van der Waals surface area contributed by atoms with Crippen LogP contribution in [0.3, 0.4) is 0 Å². The molecule has 6 heteroatoms. The van der Waals surface area contributed by atoms with Crippen molar-refractivity contribution in [1.82, 2.24) is 9.55 Å². The van der Waals surface area contributed by atoms with Crippen molar-refractivity contribution in [2.75, 3.05) is 0 Å². The number of halogens is 3. The lowest BCUT2D eigenvalue weighted by Crippen LogP contribution is -2.25. The highest BCUT2D eigenvalue weighted by molar-refractivity contribution is 5.75. The summed E-state index contributed by atoms with van der Waals surface area (Å²) < 4.78 is 40.0. The second-order valence-corrected chi connectivity index (χ2v) is 4.38. The molecule has 100 valence electrons. The monoisotopic (exact) mass is 267 g/mol. The topological polar surface area (TPSA) is 41.6 Å². The average molecular weight is 267 g/mol. The number of fused-ring (bicyclic) bond motifs is 1. The molecular weight excluding hydrogens is 255 g/mol. The van der Waals surface area contributed by atoms with Gasteiger partial charge in [0.15, 0.2) is 0 Å². The van der Waals surface area contributed by atoms with E-state index < -0.39 is 18.5 Å². The van der Waals surface area contributed by atoms with Crippen LogP contribution in [0.25, 0.3) is 11.0 Å². The lowest BCUT2D eigenvalue weighted by Gasteiger charge is -2.16. The third-order valence-corrected chi connectivity index (χ3v) is 3.11. The fourth-order valence-corrected chi connectivity index (χ4v) is 2.01. The van der Waals surface area contributed by atoms with Gasteiger partial charge in [0.2, 0.25) is 0 Å². The zero-order valence-corrected chi connectivity index (χ0v) is 10.3. The van der Waals surface area contributed by atoms with E-state index in [1.54, 1.807) is 35.9 Å². The van der Waals surface area contributed by atoms with Crippen molar-refractivity contribution in [3.8, 4) is 6.07 Å². The summed E-state index contributed by atoms with van der Waals surface area (Å²) in [5.41, 5.74) is 1.45. The van der Waals surface area contributed by atoms with E-state index in [1.807, 2.05) is 6.07 Å². The minimum atomic E-state index is -4.38. The predicted octanol–water partition coefficient (Wildman–Crippen LogP) is 3.21. The highest BCUT2D eigenvalue weighted by Gasteiger charge is 2.40. The molecule has 0 bridgehead atoms. The predicted molar refractivity (Wildman–Crippen MR) is 64.2 cm³/mol. The van der Waals surface area contributed by atoms with E-state index in [-0.39, 0.29) is 6.42 Å². The first-order chi connectivity index (χ1) is 8.93. The second-order valence-electron chi connectivity index (χ2n) is 4.38. The lowest BCUT2D eigenvalue weighted by molar-refractivity contribution is -0.173. The summed E-state index contributed by atoms with van der Waals surface area (Å²) in [4.78, 5) is 4.20. The molecular formula is C13H12F3N3. The molecule has 1 aromatic carbocycles. The molecule has 0 saturated carbocycles. The largest absolute Gasteiger partial charge is 0.393 e. The third kappa shape index (κ3) is 2.70. The van der Waals surface area contributed by atoms with Gasteiger partial charge < -0.3 is 4.57 Å². The molecule has 0 radical (unpaired) electrons. The number of rotatable bonds is 3. The van der Waals surface area contributed by atoms with Gasteiger partial charge in [0.1, 0.15) is 5.82 Å². The molecule has 1 atom stereocenters. The lowest BCUT2D eigenvalue weighted by atomic mass is 10.0. The first kappa shape index (κ1) is 13.4. The quantitative estimate of drug-likeness (QED) is 0.856. The number of hydrogen-bond donors (Lipinski definition) is 0. The maximum absolute atomic E-state index is 12.8. The number of para-hydroxylation sites is 2. The number of nitriles is 1. The van der Waals surface area contributed by atoms with Crippen molar-refractivity contribution < 1.29 is 13.2 Å². The van der Waals surface area contributed by atoms with Crippen LogP contribution in [0, 0.1) is 17.2 Å². The van der Waals surface area contributed by atoms with Gasteiger partial charge in [-0.05, 0) is 12.1 Å². The van der Waals surface area contributed by atoms with Crippen molar-refractivity contribution in [1.29, 1.82) is 5.26 Å². The first-order valence-corrected chi connectivity index (χ1v) is 5.77. The molecule has 1 heterocycles. The summed E-state index contributed by atoms with van der Waals surface area (Å²) >= 11 is 0. The molecule has 0 fully saturated rings. The number of alkyl halides is 3. The standard InChI is InChI=1S/C13H12F3N3/c1-19-11-5-3-2-4-10(11)18-12(19)8-9(6-7-17)13(14,15)16/h2-5,9H,6,8H2,1H3/t9-/m1/s1. The van der Waals surface area contributed by atoms with Gasteiger partial charge >= 0.3 is 6.18 Å². The third-order valence-electron chi connectivity index (χ3n) is 3.11. The van der Waals surface area contributed by atoms with Crippen LogP contribution < -0.4 is 0 Å².